The van der Waals surface area contributed by atoms with Gasteiger partial charge in [0.25, 0.3) is 5.91 Å². The van der Waals surface area contributed by atoms with E-state index in [1.54, 1.807) is 11.3 Å². The molecule has 1 saturated heterocycles. The Morgan fingerprint density at radius 1 is 1.76 bits per heavy atom. The number of amides is 1. The summed E-state index contributed by atoms with van der Waals surface area (Å²) in [5.74, 6) is 0.0173. The van der Waals surface area contributed by atoms with Gasteiger partial charge in [0.1, 0.15) is 6.10 Å². The van der Waals surface area contributed by atoms with Crippen molar-refractivity contribution in [3.05, 3.63) is 22.4 Å². The first kappa shape index (κ1) is 12.5. The van der Waals surface area contributed by atoms with Crippen LogP contribution in [-0.4, -0.2) is 37.1 Å². The summed E-state index contributed by atoms with van der Waals surface area (Å²) in [5.41, 5.74) is 6.77. The SMILES string of the molecule is COC(CN)C(=O)N1CCCC1c1ccsc1. The Labute approximate surface area is 105 Å². The van der Waals surface area contributed by atoms with Crippen LogP contribution in [0.1, 0.15) is 24.4 Å². The molecule has 1 fully saturated rings. The maximum Gasteiger partial charge on any atom is 0.253 e. The minimum Gasteiger partial charge on any atom is -0.370 e. The highest BCUT2D eigenvalue weighted by Gasteiger charge is 2.33. The summed E-state index contributed by atoms with van der Waals surface area (Å²) in [6.45, 7) is 1.04. The molecule has 0 saturated carbocycles. The third kappa shape index (κ3) is 2.51. The van der Waals surface area contributed by atoms with E-state index in [0.717, 1.165) is 19.4 Å². The molecule has 1 aliphatic heterocycles. The molecule has 0 aromatic carbocycles. The molecule has 5 heteroatoms. The van der Waals surface area contributed by atoms with E-state index >= 15 is 0 Å². The third-order valence-electron chi connectivity index (χ3n) is 3.24. The quantitative estimate of drug-likeness (QED) is 0.883. The van der Waals surface area contributed by atoms with Crippen molar-refractivity contribution in [1.82, 2.24) is 4.90 Å². The fraction of sp³-hybridized carbons (Fsp3) is 0.583. The van der Waals surface area contributed by atoms with Crippen molar-refractivity contribution in [3.8, 4) is 0 Å². The van der Waals surface area contributed by atoms with Crippen molar-refractivity contribution in [2.75, 3.05) is 20.2 Å². The van der Waals surface area contributed by atoms with Crippen LogP contribution in [0.25, 0.3) is 0 Å². The summed E-state index contributed by atoms with van der Waals surface area (Å²) in [7, 11) is 1.53. The lowest BCUT2D eigenvalue weighted by Gasteiger charge is -2.27. The van der Waals surface area contributed by atoms with Crippen LogP contribution in [0.2, 0.25) is 0 Å². The number of carbonyl (C=O) groups is 1. The van der Waals surface area contributed by atoms with E-state index in [0.29, 0.717) is 0 Å². The van der Waals surface area contributed by atoms with Crippen LogP contribution in [0.4, 0.5) is 0 Å². The van der Waals surface area contributed by atoms with Gasteiger partial charge in [-0.2, -0.15) is 11.3 Å². The second-order valence-electron chi connectivity index (χ2n) is 4.21. The topological polar surface area (TPSA) is 55.6 Å². The normalized spacial score (nSPS) is 21.8. The molecule has 2 unspecified atom stereocenters. The first-order valence-electron chi connectivity index (χ1n) is 5.83. The van der Waals surface area contributed by atoms with Gasteiger partial charge in [0.2, 0.25) is 0 Å². The molecule has 2 atom stereocenters. The molecule has 2 rings (SSSR count). The highest BCUT2D eigenvalue weighted by atomic mass is 32.1. The smallest absolute Gasteiger partial charge is 0.253 e. The fourth-order valence-electron chi connectivity index (χ4n) is 2.32. The number of methoxy groups -OCH3 is 1. The van der Waals surface area contributed by atoms with E-state index in [2.05, 4.69) is 11.4 Å². The summed E-state index contributed by atoms with van der Waals surface area (Å²) in [5, 5.41) is 4.16. The van der Waals surface area contributed by atoms with Gasteiger partial charge in [-0.15, -0.1) is 0 Å². The van der Waals surface area contributed by atoms with Crippen molar-refractivity contribution in [3.63, 3.8) is 0 Å². The van der Waals surface area contributed by atoms with Crippen LogP contribution in [0, 0.1) is 0 Å². The first-order valence-corrected chi connectivity index (χ1v) is 6.77. The molecular formula is C12H18N2O2S. The molecule has 1 aromatic heterocycles. The number of nitrogens with two attached hydrogens (primary N) is 1. The summed E-state index contributed by atoms with van der Waals surface area (Å²) in [6, 6.07) is 2.29. The number of nitrogens with zero attached hydrogens (tertiary/aromatic N) is 1. The van der Waals surface area contributed by atoms with Crippen LogP contribution in [-0.2, 0) is 9.53 Å². The maximum absolute atomic E-state index is 12.2. The number of hydrogen-bond donors (Lipinski definition) is 1. The standard InChI is InChI=1S/C12H18N2O2S/c1-16-11(7-13)12(15)14-5-2-3-10(14)9-4-6-17-8-9/h4,6,8,10-11H,2-3,5,7,13H2,1H3. The average Bonchev–Trinajstić information content (AvgIpc) is 3.01. The molecule has 0 radical (unpaired) electrons. The lowest BCUT2D eigenvalue weighted by molar-refractivity contribution is -0.142. The van der Waals surface area contributed by atoms with Crippen molar-refractivity contribution < 1.29 is 9.53 Å². The molecule has 0 bridgehead atoms. The summed E-state index contributed by atoms with van der Waals surface area (Å²) in [4.78, 5) is 14.1. The minimum atomic E-state index is -0.505. The van der Waals surface area contributed by atoms with E-state index in [1.807, 2.05) is 10.3 Å². The fourth-order valence-corrected chi connectivity index (χ4v) is 3.03. The van der Waals surface area contributed by atoms with Gasteiger partial charge in [-0.05, 0) is 35.2 Å². The first-order chi connectivity index (χ1) is 8.27. The van der Waals surface area contributed by atoms with Crippen molar-refractivity contribution in [2.45, 2.75) is 25.0 Å². The Kier molecular flexibility index (Phi) is 4.15. The highest BCUT2D eigenvalue weighted by molar-refractivity contribution is 7.07. The Hall–Kier alpha value is -0.910. The van der Waals surface area contributed by atoms with E-state index in [-0.39, 0.29) is 18.5 Å². The lowest BCUT2D eigenvalue weighted by Crippen LogP contribution is -2.43. The zero-order chi connectivity index (χ0) is 12.3. The van der Waals surface area contributed by atoms with Gasteiger partial charge >= 0.3 is 0 Å². The molecule has 1 aliphatic rings. The van der Waals surface area contributed by atoms with Crippen LogP contribution in [0.5, 0.6) is 0 Å². The molecule has 1 aromatic rings. The van der Waals surface area contributed by atoms with E-state index in [1.165, 1.54) is 12.7 Å². The Bertz CT molecular complexity index is 363. The van der Waals surface area contributed by atoms with Crippen molar-refractivity contribution in [2.24, 2.45) is 5.73 Å². The van der Waals surface area contributed by atoms with Gasteiger partial charge < -0.3 is 15.4 Å². The minimum absolute atomic E-state index is 0.0173. The van der Waals surface area contributed by atoms with Crippen molar-refractivity contribution in [1.29, 1.82) is 0 Å². The zero-order valence-electron chi connectivity index (χ0n) is 9.96. The Balaban J connectivity index is 2.12. The van der Waals surface area contributed by atoms with Crippen LogP contribution in [0.15, 0.2) is 16.8 Å². The van der Waals surface area contributed by atoms with E-state index < -0.39 is 6.10 Å². The Morgan fingerprint density at radius 3 is 3.18 bits per heavy atom. The monoisotopic (exact) mass is 254 g/mol. The molecule has 2 heterocycles. The van der Waals surface area contributed by atoms with Gasteiger partial charge in [0.05, 0.1) is 6.04 Å². The predicted octanol–water partition coefficient (Wildman–Crippen LogP) is 1.39. The number of hydrogen-bond acceptors (Lipinski definition) is 4. The third-order valence-corrected chi connectivity index (χ3v) is 3.94. The Morgan fingerprint density at radius 2 is 2.59 bits per heavy atom. The maximum atomic E-state index is 12.2. The number of likely N-dealkylation sites (tertiary alicyclic amines) is 1. The van der Waals surface area contributed by atoms with Crippen molar-refractivity contribution >= 4 is 17.2 Å². The van der Waals surface area contributed by atoms with Gasteiger partial charge in [-0.25, -0.2) is 0 Å². The van der Waals surface area contributed by atoms with E-state index in [4.69, 9.17) is 10.5 Å². The number of carbonyl (C=O) groups excluding carboxylic acids is 1. The largest absolute Gasteiger partial charge is 0.370 e. The molecule has 2 N–H and O–H groups in total. The predicted molar refractivity (Wildman–Crippen MR) is 67.9 cm³/mol. The van der Waals surface area contributed by atoms with Crippen LogP contribution >= 0.6 is 11.3 Å². The highest BCUT2D eigenvalue weighted by Crippen LogP contribution is 2.33. The van der Waals surface area contributed by atoms with Gasteiger partial charge in [-0.3, -0.25) is 4.79 Å². The second kappa shape index (κ2) is 5.62. The summed E-state index contributed by atoms with van der Waals surface area (Å²) >= 11 is 1.67. The van der Waals surface area contributed by atoms with Crippen LogP contribution in [0.3, 0.4) is 0 Å². The zero-order valence-corrected chi connectivity index (χ0v) is 10.8. The molecule has 1 amide bonds. The molecule has 17 heavy (non-hydrogen) atoms. The molecule has 4 nitrogen and oxygen atoms in total. The summed E-state index contributed by atoms with van der Waals surface area (Å²) < 4.78 is 5.13. The summed E-state index contributed by atoms with van der Waals surface area (Å²) in [6.07, 6.45) is 1.57. The molecule has 0 aliphatic carbocycles. The average molecular weight is 254 g/mol. The van der Waals surface area contributed by atoms with Gasteiger partial charge in [-0.1, -0.05) is 0 Å². The molecular weight excluding hydrogens is 236 g/mol. The molecule has 0 spiro atoms. The van der Waals surface area contributed by atoms with E-state index in [9.17, 15) is 4.79 Å². The van der Waals surface area contributed by atoms with Gasteiger partial charge in [0, 0.05) is 20.2 Å². The second-order valence-corrected chi connectivity index (χ2v) is 4.99. The van der Waals surface area contributed by atoms with Gasteiger partial charge in [0.15, 0.2) is 0 Å². The number of ether oxygens (including phenoxy) is 1. The molecule has 94 valence electrons. The number of rotatable bonds is 4. The lowest BCUT2D eigenvalue weighted by atomic mass is 10.1. The number of thiophene rings is 1. The van der Waals surface area contributed by atoms with Crippen LogP contribution < -0.4 is 5.73 Å².